The number of nitrogens with one attached hydrogen (secondary N) is 1. The zero-order valence-electron chi connectivity index (χ0n) is 12.4. The lowest BCUT2D eigenvalue weighted by Crippen LogP contribution is -2.43. The molecule has 0 atom stereocenters. The first-order valence-corrected chi connectivity index (χ1v) is 7.33. The zero-order chi connectivity index (χ0) is 14.5. The van der Waals surface area contributed by atoms with Gasteiger partial charge in [-0.1, -0.05) is 12.1 Å². The first-order chi connectivity index (χ1) is 10.3. The van der Waals surface area contributed by atoms with E-state index < -0.39 is 0 Å². The maximum atomic E-state index is 4.16. The van der Waals surface area contributed by atoms with Crippen molar-refractivity contribution in [3.63, 3.8) is 0 Å². The van der Waals surface area contributed by atoms with Crippen molar-refractivity contribution >= 4 is 11.6 Å². The molecule has 2 aromatic rings. The average molecular weight is 283 g/mol. The van der Waals surface area contributed by atoms with Crippen molar-refractivity contribution in [2.75, 3.05) is 38.5 Å². The molecule has 0 radical (unpaired) electrons. The second-order valence-corrected chi connectivity index (χ2v) is 5.47. The Balaban J connectivity index is 1.57. The maximum absolute atomic E-state index is 4.16. The number of rotatable bonds is 4. The predicted octanol–water partition coefficient (Wildman–Crippen LogP) is 1.97. The number of hydrogen-bond acceptors (Lipinski definition) is 5. The van der Waals surface area contributed by atoms with E-state index in [0.29, 0.717) is 5.95 Å². The number of anilines is 2. The third-order valence-corrected chi connectivity index (χ3v) is 3.78. The van der Waals surface area contributed by atoms with E-state index in [9.17, 15) is 0 Å². The van der Waals surface area contributed by atoms with Crippen LogP contribution in [0.3, 0.4) is 0 Å². The van der Waals surface area contributed by atoms with Gasteiger partial charge in [0, 0.05) is 50.8 Å². The minimum Gasteiger partial charge on any atom is -0.324 e. The molecule has 110 valence electrons. The molecule has 1 aliphatic rings. The van der Waals surface area contributed by atoms with Crippen LogP contribution in [0.15, 0.2) is 42.7 Å². The molecule has 1 fully saturated rings. The van der Waals surface area contributed by atoms with Gasteiger partial charge in [-0.3, -0.25) is 4.90 Å². The monoisotopic (exact) mass is 283 g/mol. The molecule has 0 amide bonds. The molecule has 2 heterocycles. The van der Waals surface area contributed by atoms with Crippen LogP contribution in [0.1, 0.15) is 5.56 Å². The van der Waals surface area contributed by atoms with Gasteiger partial charge >= 0.3 is 0 Å². The van der Waals surface area contributed by atoms with Gasteiger partial charge in [-0.05, 0) is 30.8 Å². The summed E-state index contributed by atoms with van der Waals surface area (Å²) in [6.07, 6.45) is 3.47. The summed E-state index contributed by atoms with van der Waals surface area (Å²) in [4.78, 5) is 13.2. The Morgan fingerprint density at radius 3 is 2.33 bits per heavy atom. The Morgan fingerprint density at radius 2 is 1.67 bits per heavy atom. The van der Waals surface area contributed by atoms with Gasteiger partial charge in [-0.15, -0.1) is 0 Å². The first kappa shape index (κ1) is 14.0. The van der Waals surface area contributed by atoms with Gasteiger partial charge in [0.2, 0.25) is 5.95 Å². The van der Waals surface area contributed by atoms with Crippen molar-refractivity contribution in [3.8, 4) is 0 Å². The minimum absolute atomic E-state index is 0.629. The van der Waals surface area contributed by atoms with Crippen LogP contribution in [0.5, 0.6) is 0 Å². The van der Waals surface area contributed by atoms with Gasteiger partial charge in [-0.2, -0.15) is 0 Å². The Labute approximate surface area is 125 Å². The molecule has 1 aromatic carbocycles. The number of nitrogens with zero attached hydrogens (tertiary/aromatic N) is 4. The molecule has 21 heavy (non-hydrogen) atoms. The number of aromatic nitrogens is 2. The van der Waals surface area contributed by atoms with Gasteiger partial charge in [0.05, 0.1) is 0 Å². The second-order valence-electron chi connectivity index (χ2n) is 5.47. The first-order valence-electron chi connectivity index (χ1n) is 7.33. The second kappa shape index (κ2) is 6.65. The maximum Gasteiger partial charge on any atom is 0.227 e. The van der Waals surface area contributed by atoms with Crippen molar-refractivity contribution in [1.82, 2.24) is 19.8 Å². The molecule has 0 saturated carbocycles. The summed E-state index contributed by atoms with van der Waals surface area (Å²) in [7, 11) is 2.18. The summed E-state index contributed by atoms with van der Waals surface area (Å²) in [6.45, 7) is 5.63. The average Bonchev–Trinajstić information content (AvgIpc) is 2.53. The summed E-state index contributed by atoms with van der Waals surface area (Å²) < 4.78 is 0. The molecule has 1 aromatic heterocycles. The summed E-state index contributed by atoms with van der Waals surface area (Å²) in [5, 5.41) is 3.20. The fraction of sp³-hybridized carbons (Fsp3) is 0.375. The van der Waals surface area contributed by atoms with E-state index in [4.69, 9.17) is 0 Å². The van der Waals surface area contributed by atoms with Gasteiger partial charge < -0.3 is 10.2 Å². The Kier molecular flexibility index (Phi) is 4.43. The van der Waals surface area contributed by atoms with E-state index in [1.165, 1.54) is 5.56 Å². The van der Waals surface area contributed by atoms with Crippen molar-refractivity contribution in [3.05, 3.63) is 48.3 Å². The van der Waals surface area contributed by atoms with Crippen LogP contribution in [0.25, 0.3) is 0 Å². The van der Waals surface area contributed by atoms with Gasteiger partial charge in [-0.25, -0.2) is 9.97 Å². The smallest absolute Gasteiger partial charge is 0.227 e. The molecule has 0 unspecified atom stereocenters. The third-order valence-electron chi connectivity index (χ3n) is 3.78. The highest BCUT2D eigenvalue weighted by molar-refractivity contribution is 5.53. The molecule has 1 N–H and O–H groups in total. The molecule has 0 aliphatic carbocycles. The van der Waals surface area contributed by atoms with E-state index in [0.717, 1.165) is 38.4 Å². The van der Waals surface area contributed by atoms with Crippen molar-refractivity contribution in [1.29, 1.82) is 0 Å². The Morgan fingerprint density at radius 1 is 1.00 bits per heavy atom. The molecular formula is C16H21N5. The summed E-state index contributed by atoms with van der Waals surface area (Å²) >= 11 is 0. The summed E-state index contributed by atoms with van der Waals surface area (Å²) in [5.41, 5.74) is 2.36. The normalized spacial score (nSPS) is 16.8. The lowest BCUT2D eigenvalue weighted by Gasteiger charge is -2.32. The van der Waals surface area contributed by atoms with E-state index in [1.54, 1.807) is 12.4 Å². The lowest BCUT2D eigenvalue weighted by molar-refractivity contribution is 0.148. The highest BCUT2D eigenvalue weighted by Crippen LogP contribution is 2.15. The van der Waals surface area contributed by atoms with Crippen LogP contribution in [0, 0.1) is 0 Å². The van der Waals surface area contributed by atoms with Crippen LogP contribution in [-0.4, -0.2) is 53.0 Å². The Bertz CT molecular complexity index is 547. The fourth-order valence-corrected chi connectivity index (χ4v) is 2.45. The van der Waals surface area contributed by atoms with Gasteiger partial charge in [0.25, 0.3) is 0 Å². The largest absolute Gasteiger partial charge is 0.324 e. The molecule has 1 aliphatic heterocycles. The number of benzene rings is 1. The molecular weight excluding hydrogens is 262 g/mol. The van der Waals surface area contributed by atoms with Crippen LogP contribution < -0.4 is 5.32 Å². The van der Waals surface area contributed by atoms with Crippen LogP contribution >= 0.6 is 0 Å². The van der Waals surface area contributed by atoms with Crippen molar-refractivity contribution in [2.45, 2.75) is 6.54 Å². The SMILES string of the molecule is CN1CCN(Cc2ccc(Nc3ncccn3)cc2)CC1. The molecule has 0 spiro atoms. The molecule has 5 nitrogen and oxygen atoms in total. The molecule has 5 heteroatoms. The molecule has 3 rings (SSSR count). The molecule has 1 saturated heterocycles. The van der Waals surface area contributed by atoms with E-state index in [-0.39, 0.29) is 0 Å². The number of hydrogen-bond donors (Lipinski definition) is 1. The van der Waals surface area contributed by atoms with E-state index in [1.807, 2.05) is 6.07 Å². The summed E-state index contributed by atoms with van der Waals surface area (Å²) in [5.74, 6) is 0.629. The van der Waals surface area contributed by atoms with Gasteiger partial charge in [0.15, 0.2) is 0 Å². The van der Waals surface area contributed by atoms with Crippen LogP contribution in [-0.2, 0) is 6.54 Å². The topological polar surface area (TPSA) is 44.3 Å². The van der Waals surface area contributed by atoms with E-state index in [2.05, 4.69) is 56.4 Å². The standard InChI is InChI=1S/C16H21N5/c1-20-9-11-21(12-10-20)13-14-3-5-15(6-4-14)19-16-17-7-2-8-18-16/h2-8H,9-13H2,1H3,(H,17,18,19). The number of likely N-dealkylation sites (N-methyl/N-ethyl adjacent to an activating group) is 1. The van der Waals surface area contributed by atoms with Crippen molar-refractivity contribution in [2.24, 2.45) is 0 Å². The Hall–Kier alpha value is -1.98. The highest BCUT2D eigenvalue weighted by atomic mass is 15.2. The quantitative estimate of drug-likeness (QED) is 0.929. The fourth-order valence-electron chi connectivity index (χ4n) is 2.45. The number of piperazine rings is 1. The predicted molar refractivity (Wildman–Crippen MR) is 84.5 cm³/mol. The van der Waals surface area contributed by atoms with Crippen LogP contribution in [0.2, 0.25) is 0 Å². The van der Waals surface area contributed by atoms with Gasteiger partial charge in [0.1, 0.15) is 0 Å². The van der Waals surface area contributed by atoms with Crippen LogP contribution in [0.4, 0.5) is 11.6 Å². The van der Waals surface area contributed by atoms with Crippen molar-refractivity contribution < 1.29 is 0 Å². The lowest BCUT2D eigenvalue weighted by atomic mass is 10.2. The highest BCUT2D eigenvalue weighted by Gasteiger charge is 2.13. The summed E-state index contributed by atoms with van der Waals surface area (Å²) in [6, 6.07) is 10.3. The zero-order valence-corrected chi connectivity index (χ0v) is 12.4. The molecule has 0 bridgehead atoms. The third kappa shape index (κ3) is 4.00. The minimum atomic E-state index is 0.629. The van der Waals surface area contributed by atoms with E-state index >= 15 is 0 Å².